The minimum atomic E-state index is -0.853. The van der Waals surface area contributed by atoms with Crippen molar-refractivity contribution in [1.29, 1.82) is 0 Å². The van der Waals surface area contributed by atoms with Crippen molar-refractivity contribution in [2.24, 2.45) is 0 Å². The van der Waals surface area contributed by atoms with Gasteiger partial charge in [0.1, 0.15) is 0 Å². The molecule has 0 aromatic carbocycles. The zero-order chi connectivity index (χ0) is 20.7. The number of carbonyl (C=O) groups is 2. The standard InChI is InChI=1S/C23H44N2O3/c1-2-3-4-5-6-7-8-9-10-11-12-13-14-15-16-18-22(26)25-20-17-19-24-21-23(27)28/h9-10,24H,2-8,11-21H2,1H3,(H,25,26)(H,27,28)/b10-9-. The first-order valence-electron chi connectivity index (χ1n) is 11.5. The summed E-state index contributed by atoms with van der Waals surface area (Å²) >= 11 is 0. The second kappa shape index (κ2) is 21.9. The lowest BCUT2D eigenvalue weighted by Gasteiger charge is -2.05. The zero-order valence-electron chi connectivity index (χ0n) is 18.1. The smallest absolute Gasteiger partial charge is 0.317 e. The molecule has 0 aromatic rings. The maximum atomic E-state index is 11.7. The van der Waals surface area contributed by atoms with Crippen LogP contribution in [-0.4, -0.2) is 36.6 Å². The maximum absolute atomic E-state index is 11.7. The van der Waals surface area contributed by atoms with Crippen LogP contribution in [-0.2, 0) is 9.59 Å². The molecule has 3 N–H and O–H groups in total. The first-order valence-corrected chi connectivity index (χ1v) is 11.5. The fourth-order valence-corrected chi connectivity index (χ4v) is 3.08. The summed E-state index contributed by atoms with van der Waals surface area (Å²) in [4.78, 5) is 22.0. The van der Waals surface area contributed by atoms with Crippen molar-refractivity contribution >= 4 is 11.9 Å². The monoisotopic (exact) mass is 396 g/mol. The van der Waals surface area contributed by atoms with Crippen molar-refractivity contribution < 1.29 is 14.7 Å². The lowest BCUT2D eigenvalue weighted by molar-refractivity contribution is -0.136. The third kappa shape index (κ3) is 22.7. The molecule has 0 unspecified atom stereocenters. The average molecular weight is 397 g/mol. The van der Waals surface area contributed by atoms with Crippen LogP contribution in [0.3, 0.4) is 0 Å². The largest absolute Gasteiger partial charge is 0.480 e. The van der Waals surface area contributed by atoms with Gasteiger partial charge in [0.25, 0.3) is 0 Å². The number of rotatable bonds is 21. The minimum absolute atomic E-state index is 0.0249. The van der Waals surface area contributed by atoms with E-state index in [1.165, 1.54) is 70.6 Å². The van der Waals surface area contributed by atoms with E-state index in [4.69, 9.17) is 5.11 Å². The van der Waals surface area contributed by atoms with Gasteiger partial charge in [-0.3, -0.25) is 9.59 Å². The Morgan fingerprint density at radius 1 is 0.750 bits per heavy atom. The molecule has 0 bridgehead atoms. The highest BCUT2D eigenvalue weighted by atomic mass is 16.4. The number of aliphatic carboxylic acids is 1. The van der Waals surface area contributed by atoms with Crippen molar-refractivity contribution in [3.05, 3.63) is 12.2 Å². The Hall–Kier alpha value is -1.36. The van der Waals surface area contributed by atoms with Crippen molar-refractivity contribution in [1.82, 2.24) is 10.6 Å². The minimum Gasteiger partial charge on any atom is -0.480 e. The number of hydrogen-bond acceptors (Lipinski definition) is 3. The number of amides is 1. The van der Waals surface area contributed by atoms with Crippen molar-refractivity contribution in [2.75, 3.05) is 19.6 Å². The van der Waals surface area contributed by atoms with Gasteiger partial charge in [-0.15, -0.1) is 0 Å². The van der Waals surface area contributed by atoms with E-state index in [0.717, 1.165) is 19.3 Å². The molecule has 5 nitrogen and oxygen atoms in total. The quantitative estimate of drug-likeness (QED) is 0.184. The Kier molecular flexibility index (Phi) is 20.9. The number of hydrogen-bond donors (Lipinski definition) is 3. The summed E-state index contributed by atoms with van der Waals surface area (Å²) in [5.74, 6) is -0.746. The lowest BCUT2D eigenvalue weighted by Crippen LogP contribution is -2.29. The van der Waals surface area contributed by atoms with Gasteiger partial charge in [-0.1, -0.05) is 70.4 Å². The zero-order valence-corrected chi connectivity index (χ0v) is 18.1. The topological polar surface area (TPSA) is 78.4 Å². The molecule has 0 aliphatic rings. The van der Waals surface area contributed by atoms with E-state index in [9.17, 15) is 9.59 Å². The van der Waals surface area contributed by atoms with Crippen LogP contribution >= 0.6 is 0 Å². The van der Waals surface area contributed by atoms with Crippen LogP contribution in [0.4, 0.5) is 0 Å². The molecule has 0 rings (SSSR count). The van der Waals surface area contributed by atoms with Gasteiger partial charge in [-0.2, -0.15) is 0 Å². The molecule has 0 heterocycles. The highest BCUT2D eigenvalue weighted by Crippen LogP contribution is 2.09. The fourth-order valence-electron chi connectivity index (χ4n) is 3.08. The molecule has 0 spiro atoms. The summed E-state index contributed by atoms with van der Waals surface area (Å²) in [6.45, 7) is 3.45. The van der Waals surface area contributed by atoms with Crippen molar-refractivity contribution in [2.45, 2.75) is 103 Å². The summed E-state index contributed by atoms with van der Waals surface area (Å²) in [6, 6.07) is 0. The third-order valence-corrected chi connectivity index (χ3v) is 4.79. The van der Waals surface area contributed by atoms with Crippen LogP contribution < -0.4 is 10.6 Å². The summed E-state index contributed by atoms with van der Waals surface area (Å²) in [5, 5.41) is 14.2. The summed E-state index contributed by atoms with van der Waals surface area (Å²) in [7, 11) is 0. The molecule has 0 aliphatic heterocycles. The van der Waals surface area contributed by atoms with Crippen LogP contribution in [0.2, 0.25) is 0 Å². The van der Waals surface area contributed by atoms with Crippen molar-refractivity contribution in [3.63, 3.8) is 0 Å². The van der Waals surface area contributed by atoms with Gasteiger partial charge < -0.3 is 15.7 Å². The van der Waals surface area contributed by atoms with Gasteiger partial charge in [0.15, 0.2) is 0 Å². The Labute approximate surface area is 172 Å². The Bertz CT molecular complexity index is 397. The first kappa shape index (κ1) is 26.6. The molecule has 5 heteroatoms. The van der Waals surface area contributed by atoms with Crippen LogP contribution in [0, 0.1) is 0 Å². The molecule has 0 saturated heterocycles. The molecule has 164 valence electrons. The van der Waals surface area contributed by atoms with Gasteiger partial charge in [-0.05, 0) is 45.1 Å². The Balaban J connectivity index is 3.22. The van der Waals surface area contributed by atoms with Gasteiger partial charge in [-0.25, -0.2) is 0 Å². The second-order valence-corrected chi connectivity index (χ2v) is 7.61. The molecule has 0 aliphatic carbocycles. The molecule has 0 fully saturated rings. The van der Waals surface area contributed by atoms with Crippen LogP contribution in [0.15, 0.2) is 12.2 Å². The molecule has 0 atom stereocenters. The van der Waals surface area contributed by atoms with E-state index in [2.05, 4.69) is 29.7 Å². The van der Waals surface area contributed by atoms with E-state index in [-0.39, 0.29) is 12.5 Å². The number of nitrogens with one attached hydrogen (secondary N) is 2. The predicted molar refractivity (Wildman–Crippen MR) is 118 cm³/mol. The molecule has 0 aromatic heterocycles. The number of carbonyl (C=O) groups excluding carboxylic acids is 1. The van der Waals surface area contributed by atoms with E-state index in [1.54, 1.807) is 0 Å². The van der Waals surface area contributed by atoms with Gasteiger partial charge in [0, 0.05) is 13.0 Å². The van der Waals surface area contributed by atoms with Crippen molar-refractivity contribution in [3.8, 4) is 0 Å². The highest BCUT2D eigenvalue weighted by Gasteiger charge is 2.00. The van der Waals surface area contributed by atoms with Crippen LogP contribution in [0.1, 0.15) is 103 Å². The van der Waals surface area contributed by atoms with Gasteiger partial charge >= 0.3 is 5.97 Å². The Morgan fingerprint density at radius 3 is 1.93 bits per heavy atom. The number of carboxylic acid groups (broad SMARTS) is 1. The van der Waals surface area contributed by atoms with Gasteiger partial charge in [0.05, 0.1) is 6.54 Å². The highest BCUT2D eigenvalue weighted by molar-refractivity contribution is 5.75. The van der Waals surface area contributed by atoms with E-state index >= 15 is 0 Å². The molecule has 0 radical (unpaired) electrons. The maximum Gasteiger partial charge on any atom is 0.317 e. The Morgan fingerprint density at radius 2 is 1.32 bits per heavy atom. The molecular formula is C23H44N2O3. The van der Waals surface area contributed by atoms with E-state index < -0.39 is 5.97 Å². The molecule has 1 amide bonds. The molecule has 28 heavy (non-hydrogen) atoms. The summed E-state index contributed by atoms with van der Waals surface area (Å²) < 4.78 is 0. The van der Waals surface area contributed by atoms with E-state index in [0.29, 0.717) is 19.5 Å². The summed E-state index contributed by atoms with van der Waals surface area (Å²) in [6.07, 6.45) is 22.4. The SMILES string of the molecule is CCCCCCCC/C=C\CCCCCCCC(=O)NCCCNCC(=O)O. The fraction of sp³-hybridized carbons (Fsp3) is 0.826. The molecular weight excluding hydrogens is 352 g/mol. The normalized spacial score (nSPS) is 11.2. The summed E-state index contributed by atoms with van der Waals surface area (Å²) in [5.41, 5.74) is 0. The lowest BCUT2D eigenvalue weighted by atomic mass is 10.1. The van der Waals surface area contributed by atoms with Crippen LogP contribution in [0.5, 0.6) is 0 Å². The molecule has 0 saturated carbocycles. The van der Waals surface area contributed by atoms with Crippen LogP contribution in [0.25, 0.3) is 0 Å². The third-order valence-electron chi connectivity index (χ3n) is 4.79. The number of allylic oxidation sites excluding steroid dienone is 2. The van der Waals surface area contributed by atoms with Gasteiger partial charge in [0.2, 0.25) is 5.91 Å². The second-order valence-electron chi connectivity index (χ2n) is 7.61. The van der Waals surface area contributed by atoms with E-state index in [1.807, 2.05) is 0 Å². The first-order chi connectivity index (χ1) is 13.7. The average Bonchev–Trinajstić information content (AvgIpc) is 2.67. The number of carboxylic acids is 1. The predicted octanol–water partition coefficient (Wildman–Crippen LogP) is 5.20. The number of unbranched alkanes of at least 4 members (excludes halogenated alkanes) is 11.